The molecular formula is C22H32N2O4S. The van der Waals surface area contributed by atoms with Gasteiger partial charge in [0.2, 0.25) is 10.0 Å². The van der Waals surface area contributed by atoms with E-state index in [2.05, 4.69) is 16.5 Å². The summed E-state index contributed by atoms with van der Waals surface area (Å²) in [6, 6.07) is 11.0. The number of hydrogen-bond donors (Lipinski definition) is 1. The molecule has 6 nitrogen and oxygen atoms in total. The summed E-state index contributed by atoms with van der Waals surface area (Å²) in [6.45, 7) is 7.43. The second-order valence-electron chi connectivity index (χ2n) is 7.37. The molecule has 0 aromatic heterocycles. The topological polar surface area (TPSA) is 67.9 Å². The molecule has 0 unspecified atom stereocenters. The number of benzene rings is 2. The number of rotatable bonds is 11. The third kappa shape index (κ3) is 6.15. The Kier molecular flexibility index (Phi) is 8.29. The third-order valence-corrected chi connectivity index (χ3v) is 6.71. The molecule has 0 aliphatic carbocycles. The summed E-state index contributed by atoms with van der Waals surface area (Å²) < 4.78 is 39.9. The number of nitrogens with one attached hydrogen (secondary N) is 1. The van der Waals surface area contributed by atoms with E-state index in [1.165, 1.54) is 0 Å². The largest absolute Gasteiger partial charge is 0.493 e. The van der Waals surface area contributed by atoms with E-state index in [1.807, 2.05) is 24.3 Å². The highest BCUT2D eigenvalue weighted by Crippen LogP contribution is 2.31. The van der Waals surface area contributed by atoms with Gasteiger partial charge in [0.05, 0.1) is 24.7 Å². The fourth-order valence-corrected chi connectivity index (χ4v) is 4.83. The van der Waals surface area contributed by atoms with Crippen molar-refractivity contribution in [3.63, 3.8) is 0 Å². The van der Waals surface area contributed by atoms with Crippen LogP contribution in [0.2, 0.25) is 0 Å². The monoisotopic (exact) mass is 420 g/mol. The van der Waals surface area contributed by atoms with E-state index in [0.29, 0.717) is 23.4 Å². The van der Waals surface area contributed by atoms with Gasteiger partial charge in [-0.2, -0.15) is 0 Å². The number of nitrogens with zero attached hydrogens (tertiary/aromatic N) is 1. The third-order valence-electron chi connectivity index (χ3n) is 5.19. The fourth-order valence-electron chi connectivity index (χ4n) is 3.55. The minimum Gasteiger partial charge on any atom is -0.493 e. The lowest BCUT2D eigenvalue weighted by atomic mass is 10.1. The van der Waals surface area contributed by atoms with Gasteiger partial charge in [-0.1, -0.05) is 44.0 Å². The van der Waals surface area contributed by atoms with Crippen LogP contribution in [0.25, 0.3) is 10.8 Å². The van der Waals surface area contributed by atoms with Crippen molar-refractivity contribution in [2.75, 3.05) is 46.0 Å². The molecule has 1 N–H and O–H groups in total. The quantitative estimate of drug-likeness (QED) is 0.564. The highest BCUT2D eigenvalue weighted by molar-refractivity contribution is 7.89. The van der Waals surface area contributed by atoms with Gasteiger partial charge >= 0.3 is 0 Å². The number of ether oxygens (including phenoxy) is 2. The number of hydrogen-bond acceptors (Lipinski definition) is 5. The summed E-state index contributed by atoms with van der Waals surface area (Å²) in [7, 11) is -3.58. The first-order valence-electron chi connectivity index (χ1n) is 10.6. The number of fused-ring (bicyclic) bond motifs is 1. The van der Waals surface area contributed by atoms with Gasteiger partial charge in [-0.05, 0) is 31.5 Å². The van der Waals surface area contributed by atoms with Crippen LogP contribution in [0, 0.1) is 0 Å². The first-order valence-corrected chi connectivity index (χ1v) is 12.0. The average molecular weight is 421 g/mol. The van der Waals surface area contributed by atoms with Gasteiger partial charge in [0.15, 0.2) is 0 Å². The van der Waals surface area contributed by atoms with E-state index in [9.17, 15) is 8.42 Å². The summed E-state index contributed by atoms with van der Waals surface area (Å²) in [4.78, 5) is 2.61. The predicted octanol–water partition coefficient (Wildman–Crippen LogP) is 3.41. The molecule has 7 heteroatoms. The van der Waals surface area contributed by atoms with Crippen molar-refractivity contribution in [3.05, 3.63) is 36.4 Å². The molecular weight excluding hydrogens is 388 g/mol. The smallest absolute Gasteiger partial charge is 0.241 e. The van der Waals surface area contributed by atoms with Gasteiger partial charge in [0.25, 0.3) is 0 Å². The molecule has 3 rings (SSSR count). The Morgan fingerprint density at radius 1 is 1.03 bits per heavy atom. The van der Waals surface area contributed by atoms with Gasteiger partial charge in [-0.25, -0.2) is 13.1 Å². The van der Waals surface area contributed by atoms with E-state index in [-0.39, 0.29) is 0 Å². The summed E-state index contributed by atoms with van der Waals surface area (Å²) in [5, 5.41) is 1.53. The number of unbranched alkanes of at least 4 members (excludes halogenated alkanes) is 2. The highest BCUT2D eigenvalue weighted by atomic mass is 32.2. The lowest BCUT2D eigenvalue weighted by molar-refractivity contribution is 0.0376. The summed E-state index contributed by atoms with van der Waals surface area (Å²) in [6.07, 6.45) is 4.03. The van der Waals surface area contributed by atoms with Crippen molar-refractivity contribution in [1.82, 2.24) is 9.62 Å². The van der Waals surface area contributed by atoms with Crippen molar-refractivity contribution in [1.29, 1.82) is 0 Å². The van der Waals surface area contributed by atoms with Crippen LogP contribution in [-0.2, 0) is 14.8 Å². The molecule has 29 heavy (non-hydrogen) atoms. The molecule has 1 saturated heterocycles. The van der Waals surface area contributed by atoms with Crippen LogP contribution in [0.15, 0.2) is 41.3 Å². The Labute approximate surface area is 174 Å². The standard InChI is InChI=1S/C22H32N2O4S/c1-2-3-6-16-28-21-10-11-22(20-9-5-4-8-19(20)21)29(25,26)23-12-7-13-24-14-17-27-18-15-24/h4-5,8-11,23H,2-3,6-7,12-18H2,1H3. The molecule has 0 radical (unpaired) electrons. The highest BCUT2D eigenvalue weighted by Gasteiger charge is 2.19. The molecule has 0 spiro atoms. The van der Waals surface area contributed by atoms with Crippen molar-refractivity contribution < 1.29 is 17.9 Å². The Balaban J connectivity index is 1.65. The van der Waals surface area contributed by atoms with Crippen molar-refractivity contribution in [2.24, 2.45) is 0 Å². The Morgan fingerprint density at radius 2 is 1.79 bits per heavy atom. The molecule has 1 fully saturated rings. The normalized spacial score (nSPS) is 15.6. The molecule has 0 atom stereocenters. The first-order chi connectivity index (χ1) is 14.1. The van der Waals surface area contributed by atoms with E-state index < -0.39 is 10.0 Å². The van der Waals surface area contributed by atoms with Gasteiger partial charge in [-0.15, -0.1) is 0 Å². The van der Waals surface area contributed by atoms with Gasteiger partial charge in [0, 0.05) is 30.4 Å². The van der Waals surface area contributed by atoms with Gasteiger partial charge in [-0.3, -0.25) is 4.90 Å². The van der Waals surface area contributed by atoms with Crippen LogP contribution in [0.4, 0.5) is 0 Å². The van der Waals surface area contributed by atoms with Crippen LogP contribution in [0.5, 0.6) is 5.75 Å². The predicted molar refractivity (Wildman–Crippen MR) is 116 cm³/mol. The van der Waals surface area contributed by atoms with Crippen molar-refractivity contribution >= 4 is 20.8 Å². The van der Waals surface area contributed by atoms with E-state index in [0.717, 1.165) is 69.7 Å². The van der Waals surface area contributed by atoms with Crippen LogP contribution in [0.1, 0.15) is 32.6 Å². The van der Waals surface area contributed by atoms with E-state index in [1.54, 1.807) is 12.1 Å². The van der Waals surface area contributed by atoms with Crippen molar-refractivity contribution in [2.45, 2.75) is 37.5 Å². The molecule has 2 aromatic carbocycles. The van der Waals surface area contributed by atoms with Gasteiger partial charge < -0.3 is 9.47 Å². The zero-order valence-electron chi connectivity index (χ0n) is 17.2. The molecule has 0 bridgehead atoms. The van der Waals surface area contributed by atoms with Crippen LogP contribution in [0.3, 0.4) is 0 Å². The SMILES string of the molecule is CCCCCOc1ccc(S(=O)(=O)NCCCN2CCOCC2)c2ccccc12. The Morgan fingerprint density at radius 3 is 2.55 bits per heavy atom. The summed E-state index contributed by atoms with van der Waals surface area (Å²) >= 11 is 0. The minimum absolute atomic E-state index is 0.306. The summed E-state index contributed by atoms with van der Waals surface area (Å²) in [5.74, 6) is 0.739. The average Bonchev–Trinajstić information content (AvgIpc) is 2.75. The molecule has 1 aliphatic heterocycles. The number of sulfonamides is 1. The molecule has 1 heterocycles. The second-order valence-corrected chi connectivity index (χ2v) is 9.10. The minimum atomic E-state index is -3.58. The Bertz CT molecular complexity index is 880. The maximum atomic E-state index is 12.9. The molecule has 1 aliphatic rings. The van der Waals surface area contributed by atoms with Gasteiger partial charge in [0.1, 0.15) is 5.75 Å². The second kappa shape index (κ2) is 10.9. The Hall–Kier alpha value is -1.67. The lowest BCUT2D eigenvalue weighted by Gasteiger charge is -2.26. The molecule has 2 aromatic rings. The molecule has 0 saturated carbocycles. The first kappa shape index (κ1) is 22.0. The van der Waals surface area contributed by atoms with Crippen LogP contribution in [-0.4, -0.2) is 59.3 Å². The summed E-state index contributed by atoms with van der Waals surface area (Å²) in [5.41, 5.74) is 0. The maximum absolute atomic E-state index is 12.9. The maximum Gasteiger partial charge on any atom is 0.241 e. The lowest BCUT2D eigenvalue weighted by Crippen LogP contribution is -2.38. The van der Waals surface area contributed by atoms with Crippen LogP contribution < -0.4 is 9.46 Å². The van der Waals surface area contributed by atoms with Crippen molar-refractivity contribution in [3.8, 4) is 5.75 Å². The molecule has 160 valence electrons. The molecule has 0 amide bonds. The van der Waals surface area contributed by atoms with Crippen LogP contribution >= 0.6 is 0 Å². The fraction of sp³-hybridized carbons (Fsp3) is 0.545. The number of morpholine rings is 1. The zero-order chi connectivity index (χ0) is 20.5. The van der Waals surface area contributed by atoms with E-state index >= 15 is 0 Å². The van der Waals surface area contributed by atoms with E-state index in [4.69, 9.17) is 9.47 Å². The zero-order valence-corrected chi connectivity index (χ0v) is 18.0.